The minimum atomic E-state index is -0.876. The van der Waals surface area contributed by atoms with Gasteiger partial charge in [-0.3, -0.25) is 9.59 Å². The molecule has 1 N–H and O–H groups in total. The van der Waals surface area contributed by atoms with Crippen LogP contribution in [0.5, 0.6) is 0 Å². The number of allylic oxidation sites excluding steroid dienone is 2. The Balaban J connectivity index is 3.38. The second-order valence-electron chi connectivity index (χ2n) is 9.60. The second kappa shape index (κ2) is 25.3. The maximum absolute atomic E-state index is 11.6. The number of carboxylic acids is 1. The summed E-state index contributed by atoms with van der Waals surface area (Å²) in [6, 6.07) is 0. The van der Waals surface area contributed by atoms with Gasteiger partial charge in [0.1, 0.15) is 0 Å². The molecular weight excluding hydrogens is 412 g/mol. The van der Waals surface area contributed by atoms with Gasteiger partial charge in [-0.2, -0.15) is 0 Å². The highest BCUT2D eigenvalue weighted by molar-refractivity contribution is 5.78. The number of carbonyl (C=O) groups excluding carboxylic acids is 1. The van der Waals surface area contributed by atoms with Crippen LogP contribution in [0.15, 0.2) is 12.2 Å². The Morgan fingerprint density at radius 1 is 0.667 bits per heavy atom. The molecule has 0 fully saturated rings. The molecule has 0 amide bonds. The molecule has 0 saturated carbocycles. The predicted octanol–water partition coefficient (Wildman–Crippen LogP) is 9.02. The summed E-state index contributed by atoms with van der Waals surface area (Å²) >= 11 is 0. The smallest absolute Gasteiger partial charge is 0.307 e. The normalized spacial score (nSPS) is 12.3. The van der Waals surface area contributed by atoms with Gasteiger partial charge in [0.25, 0.3) is 0 Å². The van der Waals surface area contributed by atoms with Crippen LogP contribution in [0.2, 0.25) is 0 Å². The fourth-order valence-corrected chi connectivity index (χ4v) is 4.12. The molecule has 4 nitrogen and oxygen atoms in total. The van der Waals surface area contributed by atoms with E-state index in [4.69, 9.17) is 4.74 Å². The van der Waals surface area contributed by atoms with E-state index in [1.54, 1.807) is 0 Å². The third-order valence-electron chi connectivity index (χ3n) is 6.29. The van der Waals surface area contributed by atoms with Gasteiger partial charge in [-0.25, -0.2) is 0 Å². The Hall–Kier alpha value is -1.32. The molecule has 0 saturated heterocycles. The number of esters is 1. The highest BCUT2D eigenvalue weighted by Crippen LogP contribution is 2.18. The average Bonchev–Trinajstić information content (AvgIpc) is 2.80. The van der Waals surface area contributed by atoms with E-state index in [1.165, 1.54) is 103 Å². The number of ether oxygens (including phenoxy) is 1. The number of carbonyl (C=O) groups is 2. The molecule has 33 heavy (non-hydrogen) atoms. The predicted molar refractivity (Wildman–Crippen MR) is 140 cm³/mol. The SMILES string of the molecule is CCCC/C=C/CCCCCCCCCCCCCCCCC(CC(=O)OCCC)C(=O)O. The largest absolute Gasteiger partial charge is 0.481 e. The summed E-state index contributed by atoms with van der Waals surface area (Å²) in [5, 5.41) is 9.30. The Morgan fingerprint density at radius 2 is 1.12 bits per heavy atom. The summed E-state index contributed by atoms with van der Waals surface area (Å²) in [5.74, 6) is -1.85. The summed E-state index contributed by atoms with van der Waals surface area (Å²) < 4.78 is 5.01. The molecule has 0 aromatic heterocycles. The summed E-state index contributed by atoms with van der Waals surface area (Å²) in [5.41, 5.74) is 0. The first kappa shape index (κ1) is 31.7. The molecule has 1 atom stereocenters. The Bertz CT molecular complexity index is 472. The number of carboxylic acid groups (broad SMARTS) is 1. The molecule has 0 aliphatic heterocycles. The lowest BCUT2D eigenvalue weighted by molar-refractivity contribution is -0.151. The Kier molecular flexibility index (Phi) is 24.3. The minimum Gasteiger partial charge on any atom is -0.481 e. The van der Waals surface area contributed by atoms with Crippen LogP contribution in [-0.4, -0.2) is 23.7 Å². The van der Waals surface area contributed by atoms with Crippen LogP contribution in [0.3, 0.4) is 0 Å². The minimum absolute atomic E-state index is 0.00576. The molecule has 0 radical (unpaired) electrons. The van der Waals surface area contributed by atoms with Gasteiger partial charge in [-0.15, -0.1) is 0 Å². The van der Waals surface area contributed by atoms with Crippen LogP contribution in [-0.2, 0) is 14.3 Å². The highest BCUT2D eigenvalue weighted by Gasteiger charge is 2.21. The zero-order valence-electron chi connectivity index (χ0n) is 22.0. The van der Waals surface area contributed by atoms with E-state index in [9.17, 15) is 14.7 Å². The van der Waals surface area contributed by atoms with Gasteiger partial charge < -0.3 is 9.84 Å². The van der Waals surface area contributed by atoms with E-state index >= 15 is 0 Å². The first-order valence-corrected chi connectivity index (χ1v) is 14.1. The lowest BCUT2D eigenvalue weighted by atomic mass is 9.97. The molecule has 0 aliphatic carbocycles. The van der Waals surface area contributed by atoms with Crippen LogP contribution in [0.1, 0.15) is 149 Å². The average molecular weight is 467 g/mol. The number of hydrogen-bond acceptors (Lipinski definition) is 3. The summed E-state index contributed by atoms with van der Waals surface area (Å²) in [4.78, 5) is 23.0. The van der Waals surface area contributed by atoms with Crippen molar-refractivity contribution in [2.24, 2.45) is 5.92 Å². The number of hydrogen-bond donors (Lipinski definition) is 1. The van der Waals surface area contributed by atoms with E-state index in [-0.39, 0.29) is 12.4 Å². The van der Waals surface area contributed by atoms with Crippen LogP contribution >= 0.6 is 0 Å². The molecule has 1 unspecified atom stereocenters. The van der Waals surface area contributed by atoms with Crippen LogP contribution < -0.4 is 0 Å². The molecule has 0 spiro atoms. The standard InChI is InChI=1S/C29H54O4/c1-3-5-6-7-8-9-10-11-12-13-14-15-16-17-18-19-20-21-22-23-24-27(29(31)32)26-28(30)33-25-4-2/h7-8,27H,3-6,9-26H2,1-2H3,(H,31,32)/b8-7+. The monoisotopic (exact) mass is 466 g/mol. The number of unbranched alkanes of at least 4 members (excludes halogenated alkanes) is 16. The molecule has 4 heteroatoms. The molecule has 0 aromatic rings. The maximum Gasteiger partial charge on any atom is 0.307 e. The van der Waals surface area contributed by atoms with Crippen LogP contribution in [0.4, 0.5) is 0 Å². The molecule has 0 aromatic carbocycles. The van der Waals surface area contributed by atoms with Crippen molar-refractivity contribution in [3.63, 3.8) is 0 Å². The third-order valence-corrected chi connectivity index (χ3v) is 6.29. The fourth-order valence-electron chi connectivity index (χ4n) is 4.12. The molecular formula is C29H54O4. The summed E-state index contributed by atoms with van der Waals surface area (Å²) in [6.45, 7) is 4.55. The molecule has 194 valence electrons. The number of aliphatic carboxylic acids is 1. The second-order valence-corrected chi connectivity index (χ2v) is 9.60. The fraction of sp³-hybridized carbons (Fsp3) is 0.862. The van der Waals surface area contributed by atoms with Gasteiger partial charge in [0.15, 0.2) is 0 Å². The van der Waals surface area contributed by atoms with E-state index in [0.717, 1.165) is 19.3 Å². The van der Waals surface area contributed by atoms with Crippen molar-refractivity contribution < 1.29 is 19.4 Å². The van der Waals surface area contributed by atoms with Crippen molar-refractivity contribution >= 4 is 11.9 Å². The first-order chi connectivity index (χ1) is 16.1. The van der Waals surface area contributed by atoms with Gasteiger partial charge in [0, 0.05) is 0 Å². The lowest BCUT2D eigenvalue weighted by Gasteiger charge is -2.11. The van der Waals surface area contributed by atoms with Gasteiger partial charge in [0.05, 0.1) is 18.9 Å². The Labute approximate surface area is 204 Å². The van der Waals surface area contributed by atoms with Gasteiger partial charge in [-0.05, 0) is 32.1 Å². The first-order valence-electron chi connectivity index (χ1n) is 14.1. The van der Waals surface area contributed by atoms with Crippen molar-refractivity contribution in [2.75, 3.05) is 6.61 Å². The van der Waals surface area contributed by atoms with Crippen molar-refractivity contribution in [1.29, 1.82) is 0 Å². The topological polar surface area (TPSA) is 63.6 Å². The Morgan fingerprint density at radius 3 is 1.58 bits per heavy atom. The summed E-state index contributed by atoms with van der Waals surface area (Å²) in [7, 11) is 0. The van der Waals surface area contributed by atoms with Crippen molar-refractivity contribution in [3.05, 3.63) is 12.2 Å². The zero-order valence-corrected chi connectivity index (χ0v) is 22.0. The van der Waals surface area contributed by atoms with Gasteiger partial charge in [-0.1, -0.05) is 122 Å². The van der Waals surface area contributed by atoms with E-state index < -0.39 is 11.9 Å². The van der Waals surface area contributed by atoms with E-state index in [1.807, 2.05) is 6.92 Å². The van der Waals surface area contributed by atoms with E-state index in [2.05, 4.69) is 19.1 Å². The highest BCUT2D eigenvalue weighted by atomic mass is 16.5. The molecule has 0 aliphatic rings. The van der Waals surface area contributed by atoms with Crippen molar-refractivity contribution in [1.82, 2.24) is 0 Å². The third kappa shape index (κ3) is 23.6. The van der Waals surface area contributed by atoms with Gasteiger partial charge in [0.2, 0.25) is 0 Å². The van der Waals surface area contributed by atoms with Crippen LogP contribution in [0.25, 0.3) is 0 Å². The van der Waals surface area contributed by atoms with E-state index in [0.29, 0.717) is 13.0 Å². The molecule has 0 bridgehead atoms. The van der Waals surface area contributed by atoms with Gasteiger partial charge >= 0.3 is 11.9 Å². The van der Waals surface area contributed by atoms with Crippen molar-refractivity contribution in [3.8, 4) is 0 Å². The quantitative estimate of drug-likeness (QED) is 0.0828. The maximum atomic E-state index is 11.6. The lowest BCUT2D eigenvalue weighted by Crippen LogP contribution is -2.19. The molecule has 0 rings (SSSR count). The van der Waals surface area contributed by atoms with Crippen LogP contribution in [0, 0.1) is 5.92 Å². The molecule has 0 heterocycles. The number of rotatable bonds is 25. The zero-order chi connectivity index (χ0) is 24.4. The summed E-state index contributed by atoms with van der Waals surface area (Å²) in [6.07, 6.45) is 29.2. The van der Waals surface area contributed by atoms with Crippen molar-refractivity contribution in [2.45, 2.75) is 149 Å².